The average molecular weight is 340 g/mol. The zero-order chi connectivity index (χ0) is 17.8. The smallest absolute Gasteiger partial charge is 0.251 e. The normalized spacial score (nSPS) is 11.9. The summed E-state index contributed by atoms with van der Waals surface area (Å²) in [6.07, 6.45) is 0.198. The molecule has 2 N–H and O–H groups in total. The van der Waals surface area contributed by atoms with Gasteiger partial charge in [0.2, 0.25) is 12.7 Å². The number of aryl methyl sites for hydroxylation is 2. The molecule has 2 amide bonds. The standard InChI is InChI=1S/C19H20N2O4/c1-12-3-4-13(2)15(9-12)21-18(22)7-8-20-19(23)14-5-6-16-17(10-14)25-11-24-16/h3-6,9-10H,7-8,11H2,1-2H3,(H,20,23)(H,21,22). The summed E-state index contributed by atoms with van der Waals surface area (Å²) in [5.74, 6) is 0.794. The number of carbonyl (C=O) groups is 2. The van der Waals surface area contributed by atoms with Gasteiger partial charge in [-0.3, -0.25) is 9.59 Å². The third-order valence-corrected chi connectivity index (χ3v) is 3.94. The van der Waals surface area contributed by atoms with Crippen molar-refractivity contribution in [1.29, 1.82) is 0 Å². The van der Waals surface area contributed by atoms with E-state index < -0.39 is 0 Å². The highest BCUT2D eigenvalue weighted by Gasteiger charge is 2.16. The van der Waals surface area contributed by atoms with Gasteiger partial charge >= 0.3 is 0 Å². The van der Waals surface area contributed by atoms with E-state index in [0.717, 1.165) is 16.8 Å². The Bertz CT molecular complexity index is 817. The zero-order valence-electron chi connectivity index (χ0n) is 14.2. The lowest BCUT2D eigenvalue weighted by Crippen LogP contribution is -2.27. The largest absolute Gasteiger partial charge is 0.454 e. The van der Waals surface area contributed by atoms with Crippen molar-refractivity contribution in [3.63, 3.8) is 0 Å². The van der Waals surface area contributed by atoms with Gasteiger partial charge < -0.3 is 20.1 Å². The van der Waals surface area contributed by atoms with Crippen molar-refractivity contribution in [2.24, 2.45) is 0 Å². The molecular formula is C19H20N2O4. The first kappa shape index (κ1) is 16.8. The van der Waals surface area contributed by atoms with Crippen LogP contribution in [0.2, 0.25) is 0 Å². The minimum absolute atomic E-state index is 0.139. The van der Waals surface area contributed by atoms with Crippen LogP contribution >= 0.6 is 0 Å². The fourth-order valence-corrected chi connectivity index (χ4v) is 2.51. The van der Waals surface area contributed by atoms with Crippen molar-refractivity contribution in [2.75, 3.05) is 18.7 Å². The van der Waals surface area contributed by atoms with Crippen molar-refractivity contribution < 1.29 is 19.1 Å². The van der Waals surface area contributed by atoms with Gasteiger partial charge in [-0.2, -0.15) is 0 Å². The molecule has 25 heavy (non-hydrogen) atoms. The van der Waals surface area contributed by atoms with Crippen molar-refractivity contribution in [2.45, 2.75) is 20.3 Å². The van der Waals surface area contributed by atoms with Gasteiger partial charge in [-0.1, -0.05) is 12.1 Å². The summed E-state index contributed by atoms with van der Waals surface area (Å²) in [4.78, 5) is 24.2. The van der Waals surface area contributed by atoms with Crippen LogP contribution in [0.5, 0.6) is 11.5 Å². The first-order valence-corrected chi connectivity index (χ1v) is 8.08. The summed E-state index contributed by atoms with van der Waals surface area (Å²) in [5, 5.41) is 5.61. The van der Waals surface area contributed by atoms with E-state index in [9.17, 15) is 9.59 Å². The van der Waals surface area contributed by atoms with Crippen LogP contribution in [0.15, 0.2) is 36.4 Å². The van der Waals surface area contributed by atoms with E-state index in [1.807, 2.05) is 32.0 Å². The maximum atomic E-state index is 12.1. The molecule has 1 heterocycles. The molecule has 6 nitrogen and oxygen atoms in total. The van der Waals surface area contributed by atoms with Crippen LogP contribution in [-0.2, 0) is 4.79 Å². The van der Waals surface area contributed by atoms with Gasteiger partial charge in [0.25, 0.3) is 5.91 Å². The van der Waals surface area contributed by atoms with Gasteiger partial charge in [0.1, 0.15) is 0 Å². The molecule has 0 aromatic heterocycles. The number of hydrogen-bond donors (Lipinski definition) is 2. The molecule has 2 aromatic carbocycles. The topological polar surface area (TPSA) is 76.7 Å². The summed E-state index contributed by atoms with van der Waals surface area (Å²) < 4.78 is 10.5. The molecular weight excluding hydrogens is 320 g/mol. The second-order valence-corrected chi connectivity index (χ2v) is 5.94. The van der Waals surface area contributed by atoms with Crippen LogP contribution in [0.3, 0.4) is 0 Å². The molecule has 0 saturated carbocycles. The predicted molar refractivity (Wildman–Crippen MR) is 94.1 cm³/mol. The van der Waals surface area contributed by atoms with Crippen LogP contribution in [0, 0.1) is 13.8 Å². The number of amides is 2. The molecule has 0 bridgehead atoms. The molecule has 0 spiro atoms. The molecule has 0 atom stereocenters. The Kier molecular flexibility index (Phi) is 4.88. The minimum Gasteiger partial charge on any atom is -0.454 e. The molecule has 1 aliphatic heterocycles. The lowest BCUT2D eigenvalue weighted by molar-refractivity contribution is -0.116. The number of carbonyl (C=O) groups excluding carboxylic acids is 2. The van der Waals surface area contributed by atoms with Gasteiger partial charge in [-0.15, -0.1) is 0 Å². The molecule has 130 valence electrons. The number of fused-ring (bicyclic) bond motifs is 1. The van der Waals surface area contributed by atoms with Gasteiger partial charge in [0.15, 0.2) is 11.5 Å². The number of hydrogen-bond acceptors (Lipinski definition) is 4. The number of rotatable bonds is 5. The highest BCUT2D eigenvalue weighted by molar-refractivity contribution is 5.96. The lowest BCUT2D eigenvalue weighted by Gasteiger charge is -2.10. The summed E-state index contributed by atoms with van der Waals surface area (Å²) >= 11 is 0. The van der Waals surface area contributed by atoms with Crippen molar-refractivity contribution in [1.82, 2.24) is 5.32 Å². The Hall–Kier alpha value is -3.02. The molecule has 0 saturated heterocycles. The van der Waals surface area contributed by atoms with E-state index in [1.165, 1.54) is 0 Å². The van der Waals surface area contributed by atoms with Gasteiger partial charge in [-0.25, -0.2) is 0 Å². The van der Waals surface area contributed by atoms with E-state index >= 15 is 0 Å². The average Bonchev–Trinajstić information content (AvgIpc) is 3.05. The molecule has 3 rings (SSSR count). The van der Waals surface area contributed by atoms with Crippen LogP contribution in [0.4, 0.5) is 5.69 Å². The summed E-state index contributed by atoms with van der Waals surface area (Å²) in [7, 11) is 0. The minimum atomic E-state index is -0.252. The fraction of sp³-hybridized carbons (Fsp3) is 0.263. The van der Waals surface area contributed by atoms with Crippen LogP contribution in [0.1, 0.15) is 27.9 Å². The third-order valence-electron chi connectivity index (χ3n) is 3.94. The Morgan fingerprint density at radius 3 is 2.68 bits per heavy atom. The molecule has 0 fully saturated rings. The highest BCUT2D eigenvalue weighted by atomic mass is 16.7. The highest BCUT2D eigenvalue weighted by Crippen LogP contribution is 2.32. The van der Waals surface area contributed by atoms with E-state index in [-0.39, 0.29) is 31.6 Å². The molecule has 0 aliphatic carbocycles. The van der Waals surface area contributed by atoms with Crippen LogP contribution in [-0.4, -0.2) is 25.2 Å². The number of nitrogens with one attached hydrogen (secondary N) is 2. The SMILES string of the molecule is Cc1ccc(C)c(NC(=O)CCNC(=O)c2ccc3c(c2)OCO3)c1. The summed E-state index contributed by atoms with van der Waals surface area (Å²) in [6, 6.07) is 10.9. The molecule has 6 heteroatoms. The maximum Gasteiger partial charge on any atom is 0.251 e. The Labute approximate surface area is 146 Å². The Balaban J connectivity index is 1.49. The fourth-order valence-electron chi connectivity index (χ4n) is 2.51. The Morgan fingerprint density at radius 1 is 1.04 bits per heavy atom. The summed E-state index contributed by atoms with van der Waals surface area (Å²) in [6.45, 7) is 4.33. The van der Waals surface area contributed by atoms with Crippen molar-refractivity contribution >= 4 is 17.5 Å². The van der Waals surface area contributed by atoms with E-state index in [1.54, 1.807) is 18.2 Å². The van der Waals surface area contributed by atoms with Crippen LogP contribution in [0.25, 0.3) is 0 Å². The second kappa shape index (κ2) is 7.25. The van der Waals surface area contributed by atoms with Gasteiger partial charge in [-0.05, 0) is 49.2 Å². The Morgan fingerprint density at radius 2 is 1.84 bits per heavy atom. The summed E-state index contributed by atoms with van der Waals surface area (Å²) in [5.41, 5.74) is 3.35. The van der Waals surface area contributed by atoms with Crippen LogP contribution < -0.4 is 20.1 Å². The molecule has 0 unspecified atom stereocenters. The third kappa shape index (κ3) is 4.09. The zero-order valence-corrected chi connectivity index (χ0v) is 14.2. The quantitative estimate of drug-likeness (QED) is 0.877. The maximum absolute atomic E-state index is 12.1. The number of ether oxygens (including phenoxy) is 2. The molecule has 0 radical (unpaired) electrons. The number of anilines is 1. The first-order valence-electron chi connectivity index (χ1n) is 8.08. The second-order valence-electron chi connectivity index (χ2n) is 5.94. The van der Waals surface area contributed by atoms with Crippen molar-refractivity contribution in [3.8, 4) is 11.5 Å². The van der Waals surface area contributed by atoms with E-state index in [0.29, 0.717) is 17.1 Å². The number of benzene rings is 2. The van der Waals surface area contributed by atoms with Crippen molar-refractivity contribution in [3.05, 3.63) is 53.1 Å². The molecule has 2 aromatic rings. The first-order chi connectivity index (χ1) is 12.0. The van der Waals surface area contributed by atoms with E-state index in [2.05, 4.69) is 10.6 Å². The predicted octanol–water partition coefficient (Wildman–Crippen LogP) is 2.79. The monoisotopic (exact) mass is 340 g/mol. The van der Waals surface area contributed by atoms with Gasteiger partial charge in [0, 0.05) is 24.2 Å². The van der Waals surface area contributed by atoms with E-state index in [4.69, 9.17) is 9.47 Å². The molecule has 1 aliphatic rings. The lowest BCUT2D eigenvalue weighted by atomic mass is 10.1. The van der Waals surface area contributed by atoms with Gasteiger partial charge in [0.05, 0.1) is 0 Å².